The smallest absolute Gasteiger partial charge is 0.264 e. The number of pyridine rings is 1. The summed E-state index contributed by atoms with van der Waals surface area (Å²) in [5, 5.41) is 4.58. The molecule has 1 aliphatic heterocycles. The summed E-state index contributed by atoms with van der Waals surface area (Å²) in [6.45, 7) is 5.19. The lowest BCUT2D eigenvalue weighted by Crippen LogP contribution is -2.36. The number of nitrogens with one attached hydrogen (secondary N) is 2. The fourth-order valence-corrected chi connectivity index (χ4v) is 5.27. The summed E-state index contributed by atoms with van der Waals surface area (Å²) < 4.78 is 7.39. The minimum Gasteiger partial charge on any atom is -0.382 e. The van der Waals surface area contributed by atoms with Crippen molar-refractivity contribution in [3.63, 3.8) is 0 Å². The van der Waals surface area contributed by atoms with Crippen molar-refractivity contribution in [1.29, 1.82) is 0 Å². The molecule has 200 valence electrons. The molecule has 1 fully saturated rings. The van der Waals surface area contributed by atoms with E-state index in [9.17, 15) is 4.79 Å². The third kappa shape index (κ3) is 5.13. The van der Waals surface area contributed by atoms with Gasteiger partial charge in [0.2, 0.25) is 0 Å². The van der Waals surface area contributed by atoms with Gasteiger partial charge < -0.3 is 29.4 Å². The van der Waals surface area contributed by atoms with Crippen molar-refractivity contribution in [2.75, 3.05) is 63.7 Å². The van der Waals surface area contributed by atoms with Gasteiger partial charge in [-0.2, -0.15) is 0 Å². The van der Waals surface area contributed by atoms with Crippen LogP contribution in [0.25, 0.3) is 33.3 Å². The second-order valence-electron chi connectivity index (χ2n) is 10.3. The van der Waals surface area contributed by atoms with Crippen LogP contribution in [0, 0.1) is 0 Å². The van der Waals surface area contributed by atoms with Crippen LogP contribution in [0.3, 0.4) is 0 Å². The molecule has 39 heavy (non-hydrogen) atoms. The summed E-state index contributed by atoms with van der Waals surface area (Å²) >= 11 is 0. The number of nitrogens with zero attached hydrogens (tertiary/aromatic N) is 4. The van der Waals surface area contributed by atoms with Crippen molar-refractivity contribution >= 4 is 33.3 Å². The lowest BCUT2D eigenvalue weighted by Gasteiger charge is -2.28. The largest absolute Gasteiger partial charge is 0.382 e. The zero-order valence-electron chi connectivity index (χ0n) is 22.5. The number of ether oxygens (including phenoxy) is 1. The molecule has 1 saturated heterocycles. The Labute approximate surface area is 227 Å². The average Bonchev–Trinajstić information content (AvgIpc) is 3.39. The van der Waals surface area contributed by atoms with E-state index in [0.717, 1.165) is 71.7 Å². The van der Waals surface area contributed by atoms with Crippen LogP contribution in [-0.2, 0) is 11.3 Å². The summed E-state index contributed by atoms with van der Waals surface area (Å²) in [5.74, 6) is 0.578. The number of aromatic amines is 1. The van der Waals surface area contributed by atoms with Gasteiger partial charge in [0.05, 0.1) is 42.0 Å². The van der Waals surface area contributed by atoms with E-state index in [4.69, 9.17) is 9.72 Å². The van der Waals surface area contributed by atoms with Crippen LogP contribution in [0.5, 0.6) is 0 Å². The maximum absolute atomic E-state index is 14.3. The van der Waals surface area contributed by atoms with E-state index < -0.39 is 0 Å². The molecule has 8 nitrogen and oxygen atoms in total. The maximum Gasteiger partial charge on any atom is 0.264 e. The predicted molar refractivity (Wildman–Crippen MR) is 159 cm³/mol. The molecule has 3 heterocycles. The molecule has 0 unspecified atom stereocenters. The minimum atomic E-state index is -0.0719. The Kier molecular flexibility index (Phi) is 7.04. The first kappa shape index (κ1) is 25.2. The molecule has 8 heteroatoms. The van der Waals surface area contributed by atoms with E-state index in [1.807, 2.05) is 55.1 Å². The van der Waals surface area contributed by atoms with Crippen LogP contribution < -0.4 is 15.8 Å². The van der Waals surface area contributed by atoms with Gasteiger partial charge in [0, 0.05) is 37.3 Å². The van der Waals surface area contributed by atoms with Crippen LogP contribution in [-0.4, -0.2) is 72.9 Å². The van der Waals surface area contributed by atoms with Gasteiger partial charge in [0.25, 0.3) is 5.56 Å². The van der Waals surface area contributed by atoms with Crippen LogP contribution in [0.4, 0.5) is 11.4 Å². The second kappa shape index (κ2) is 10.9. The van der Waals surface area contributed by atoms with Crippen molar-refractivity contribution < 1.29 is 4.74 Å². The third-order valence-corrected chi connectivity index (χ3v) is 7.30. The van der Waals surface area contributed by atoms with E-state index in [-0.39, 0.29) is 5.56 Å². The highest BCUT2D eigenvalue weighted by molar-refractivity contribution is 5.99. The van der Waals surface area contributed by atoms with Crippen molar-refractivity contribution in [3.8, 4) is 11.4 Å². The summed E-state index contributed by atoms with van der Waals surface area (Å²) in [6.07, 6.45) is 0. The monoisotopic (exact) mass is 522 g/mol. The van der Waals surface area contributed by atoms with Gasteiger partial charge in [-0.25, -0.2) is 4.98 Å². The van der Waals surface area contributed by atoms with Gasteiger partial charge in [-0.3, -0.25) is 4.79 Å². The molecule has 0 aliphatic carbocycles. The summed E-state index contributed by atoms with van der Waals surface area (Å²) in [6, 6.07) is 24.5. The van der Waals surface area contributed by atoms with E-state index in [2.05, 4.69) is 56.5 Å². The molecule has 0 bridgehead atoms. The summed E-state index contributed by atoms with van der Waals surface area (Å²) in [4.78, 5) is 27.2. The third-order valence-electron chi connectivity index (χ3n) is 7.30. The molecule has 0 spiro atoms. The second-order valence-corrected chi connectivity index (χ2v) is 10.3. The minimum absolute atomic E-state index is 0.0719. The Bertz CT molecular complexity index is 1650. The lowest BCUT2D eigenvalue weighted by molar-refractivity contribution is 0.122. The number of fused-ring (bicyclic) bond motifs is 2. The van der Waals surface area contributed by atoms with Crippen LogP contribution >= 0.6 is 0 Å². The highest BCUT2D eigenvalue weighted by Gasteiger charge is 2.22. The van der Waals surface area contributed by atoms with E-state index in [1.54, 1.807) is 0 Å². The zero-order chi connectivity index (χ0) is 26.8. The molecular weight excluding hydrogens is 488 g/mol. The zero-order valence-corrected chi connectivity index (χ0v) is 22.5. The first-order valence-electron chi connectivity index (χ1n) is 13.5. The number of para-hydroxylation sites is 1. The fourth-order valence-electron chi connectivity index (χ4n) is 5.27. The molecule has 0 atom stereocenters. The molecule has 0 amide bonds. The molecular formula is C31H34N6O2. The molecule has 0 radical (unpaired) electrons. The molecule has 5 aromatic rings. The predicted octanol–water partition coefficient (Wildman–Crippen LogP) is 4.40. The number of hydrogen-bond acceptors (Lipinski definition) is 6. The summed E-state index contributed by atoms with van der Waals surface area (Å²) in [7, 11) is 4.09. The van der Waals surface area contributed by atoms with Crippen molar-refractivity contribution in [2.24, 2.45) is 0 Å². The average molecular weight is 523 g/mol. The number of likely N-dealkylation sites (N-methyl/N-ethyl adjacent to an activating group) is 1. The van der Waals surface area contributed by atoms with E-state index >= 15 is 0 Å². The Balaban J connectivity index is 1.51. The van der Waals surface area contributed by atoms with Crippen LogP contribution in [0.1, 0.15) is 5.56 Å². The number of hydrogen-bond donors (Lipinski definition) is 2. The highest BCUT2D eigenvalue weighted by atomic mass is 16.5. The standard InChI is InChI=1S/C31H34N6O2/c1-35(2)15-14-32-29-24-10-6-7-11-27(24)37(21-22-8-4-3-5-9-22)31(38)28(29)30-33-25-13-12-23(20-26(25)34-30)36-16-18-39-19-17-36/h3-13,20,32H,14-19,21H2,1-2H3,(H,33,34). The van der Waals surface area contributed by atoms with Crippen molar-refractivity contribution in [3.05, 3.63) is 88.7 Å². The Morgan fingerprint density at radius 2 is 1.77 bits per heavy atom. The first-order chi connectivity index (χ1) is 19.1. The molecule has 6 rings (SSSR count). The molecule has 3 aromatic carbocycles. The Morgan fingerprint density at radius 1 is 1.00 bits per heavy atom. The van der Waals surface area contributed by atoms with Gasteiger partial charge in [-0.15, -0.1) is 0 Å². The number of rotatable bonds is 8. The number of morpholine rings is 1. The van der Waals surface area contributed by atoms with Gasteiger partial charge in [0.15, 0.2) is 0 Å². The molecule has 1 aliphatic rings. The molecule has 2 N–H and O–H groups in total. The SMILES string of the molecule is CN(C)CCNc1c(-c2nc3cc(N4CCOCC4)ccc3[nH]2)c(=O)n(Cc2ccccc2)c2ccccc12. The Morgan fingerprint density at radius 3 is 2.56 bits per heavy atom. The van der Waals surface area contributed by atoms with Crippen LogP contribution in [0.15, 0.2) is 77.6 Å². The van der Waals surface area contributed by atoms with Gasteiger partial charge >= 0.3 is 0 Å². The maximum atomic E-state index is 14.3. The van der Waals surface area contributed by atoms with Gasteiger partial charge in [-0.1, -0.05) is 48.5 Å². The number of H-pyrrole nitrogens is 1. The number of benzene rings is 3. The van der Waals surface area contributed by atoms with Gasteiger partial charge in [0.1, 0.15) is 11.4 Å². The first-order valence-corrected chi connectivity index (χ1v) is 13.5. The Hall–Kier alpha value is -4.14. The molecule has 2 aromatic heterocycles. The topological polar surface area (TPSA) is 78.4 Å². The number of imidazole rings is 1. The van der Waals surface area contributed by atoms with Gasteiger partial charge in [-0.05, 0) is 43.9 Å². The molecule has 0 saturated carbocycles. The quantitative estimate of drug-likeness (QED) is 0.315. The van der Waals surface area contributed by atoms with E-state index in [0.29, 0.717) is 24.5 Å². The fraction of sp³-hybridized carbons (Fsp3) is 0.290. The van der Waals surface area contributed by atoms with Crippen LogP contribution in [0.2, 0.25) is 0 Å². The number of aromatic nitrogens is 3. The van der Waals surface area contributed by atoms with Crippen molar-refractivity contribution in [1.82, 2.24) is 19.4 Å². The summed E-state index contributed by atoms with van der Waals surface area (Å²) in [5.41, 5.74) is 6.14. The normalized spacial score (nSPS) is 14.0. The van der Waals surface area contributed by atoms with E-state index in [1.165, 1.54) is 0 Å². The lowest BCUT2D eigenvalue weighted by atomic mass is 10.1. The van der Waals surface area contributed by atoms with Crippen molar-refractivity contribution in [2.45, 2.75) is 6.54 Å². The number of anilines is 2. The highest BCUT2D eigenvalue weighted by Crippen LogP contribution is 2.33.